The summed E-state index contributed by atoms with van der Waals surface area (Å²) in [5.41, 5.74) is 2.24. The minimum absolute atomic E-state index is 0.129. The first-order valence-electron chi connectivity index (χ1n) is 9.88. The first kappa shape index (κ1) is 20.1. The number of fused-ring (bicyclic) bond motifs is 1. The van der Waals surface area contributed by atoms with Crippen molar-refractivity contribution in [2.24, 2.45) is 0 Å². The molecule has 11 heteroatoms. The molecule has 0 bridgehead atoms. The molecule has 1 aromatic carbocycles. The molecule has 2 amide bonds. The zero-order chi connectivity index (χ0) is 21.5. The maximum Gasteiger partial charge on any atom is 0.278 e. The van der Waals surface area contributed by atoms with E-state index in [9.17, 15) is 14.0 Å². The van der Waals surface area contributed by atoms with E-state index in [2.05, 4.69) is 20.6 Å². The number of alkyl halides is 1. The third-order valence-electron chi connectivity index (χ3n) is 5.38. The molecule has 2 aliphatic rings. The van der Waals surface area contributed by atoms with Crippen LogP contribution in [0.2, 0.25) is 5.02 Å². The Morgan fingerprint density at radius 1 is 1.26 bits per heavy atom. The van der Waals surface area contributed by atoms with Gasteiger partial charge in [-0.1, -0.05) is 41.1 Å². The first-order chi connectivity index (χ1) is 15.0. The molecule has 8 nitrogen and oxygen atoms in total. The van der Waals surface area contributed by atoms with Crippen LogP contribution >= 0.6 is 22.9 Å². The van der Waals surface area contributed by atoms with Crippen molar-refractivity contribution >= 4 is 39.9 Å². The lowest BCUT2D eigenvalue weighted by Gasteiger charge is -2.28. The van der Waals surface area contributed by atoms with Crippen LogP contribution in [0, 0.1) is 0 Å². The molecule has 1 fully saturated rings. The maximum absolute atomic E-state index is 13.4. The van der Waals surface area contributed by atoms with Crippen molar-refractivity contribution in [1.29, 1.82) is 0 Å². The number of aromatic nitrogens is 4. The fourth-order valence-corrected chi connectivity index (χ4v) is 4.53. The summed E-state index contributed by atoms with van der Waals surface area (Å²) >= 11 is 7.25. The molecular weight excluding hydrogens is 443 g/mol. The number of rotatable bonds is 6. The molecule has 0 saturated heterocycles. The van der Waals surface area contributed by atoms with Gasteiger partial charge in [0.1, 0.15) is 17.4 Å². The van der Waals surface area contributed by atoms with Crippen LogP contribution in [-0.4, -0.2) is 43.2 Å². The largest absolute Gasteiger partial charge is 0.331 e. The number of amides is 2. The van der Waals surface area contributed by atoms with Crippen molar-refractivity contribution in [3.63, 3.8) is 0 Å². The zero-order valence-corrected chi connectivity index (χ0v) is 17.9. The van der Waals surface area contributed by atoms with Gasteiger partial charge in [0.25, 0.3) is 11.8 Å². The summed E-state index contributed by atoms with van der Waals surface area (Å²) in [6, 6.07) is 7.44. The van der Waals surface area contributed by atoms with E-state index in [1.54, 1.807) is 15.6 Å². The summed E-state index contributed by atoms with van der Waals surface area (Å²) in [6.07, 6.45) is 1.81. The van der Waals surface area contributed by atoms with Crippen LogP contribution in [0.5, 0.6) is 0 Å². The molecule has 1 aliphatic carbocycles. The Morgan fingerprint density at radius 3 is 2.77 bits per heavy atom. The highest BCUT2D eigenvalue weighted by Crippen LogP contribution is 2.44. The molecule has 0 radical (unpaired) electrons. The van der Waals surface area contributed by atoms with E-state index >= 15 is 0 Å². The lowest BCUT2D eigenvalue weighted by Crippen LogP contribution is -2.40. The van der Waals surface area contributed by atoms with Gasteiger partial charge in [-0.2, -0.15) is 5.10 Å². The van der Waals surface area contributed by atoms with Crippen LogP contribution in [0.25, 0.3) is 0 Å². The molecule has 1 saturated carbocycles. The van der Waals surface area contributed by atoms with Gasteiger partial charge < -0.3 is 4.90 Å². The topological polar surface area (TPSA) is 93.0 Å². The molecule has 3 heterocycles. The van der Waals surface area contributed by atoms with Crippen LogP contribution in [0.4, 0.5) is 9.52 Å². The normalized spacial score (nSPS) is 15.8. The number of carbonyl (C=O) groups excluding carboxylic acids is 2. The number of anilines is 1. The van der Waals surface area contributed by atoms with Gasteiger partial charge in [0, 0.05) is 23.7 Å². The molecule has 2 aromatic heterocycles. The molecule has 0 unspecified atom stereocenters. The van der Waals surface area contributed by atoms with Crippen molar-refractivity contribution in [3.8, 4) is 0 Å². The predicted octanol–water partition coefficient (Wildman–Crippen LogP) is 3.64. The van der Waals surface area contributed by atoms with Crippen LogP contribution in [0.15, 0.2) is 24.3 Å². The number of halogens is 2. The lowest BCUT2D eigenvalue weighted by atomic mass is 10.0. The van der Waals surface area contributed by atoms with Crippen LogP contribution in [0.3, 0.4) is 0 Å². The standard InChI is InChI=1S/C20H18ClFN6O2S/c21-13-4-2-1-3-12(13)10-27-7-8-28-17(19(27)30)15(11-5-6-11)16(26-28)18(29)23-20-25-24-14(9-22)31-20/h1-4,11H,5-10H2,(H,23,25,29). The van der Waals surface area contributed by atoms with Crippen molar-refractivity contribution in [3.05, 3.63) is 56.8 Å². The lowest BCUT2D eigenvalue weighted by molar-refractivity contribution is 0.0682. The van der Waals surface area contributed by atoms with E-state index in [1.165, 1.54) is 0 Å². The SMILES string of the molecule is O=C(Nc1nnc(CF)s1)c1nn2c(c1C1CC1)C(=O)N(Cc1ccccc1Cl)CC2. The highest BCUT2D eigenvalue weighted by Gasteiger charge is 2.40. The minimum Gasteiger partial charge on any atom is -0.331 e. The molecular formula is C20H18ClFN6O2S. The molecule has 1 N–H and O–H groups in total. The second kappa shape index (κ2) is 8.01. The number of hydrogen-bond donors (Lipinski definition) is 1. The van der Waals surface area contributed by atoms with E-state index in [-0.39, 0.29) is 27.7 Å². The number of hydrogen-bond acceptors (Lipinski definition) is 6. The zero-order valence-electron chi connectivity index (χ0n) is 16.3. The van der Waals surface area contributed by atoms with Gasteiger partial charge in [-0.25, -0.2) is 4.39 Å². The third kappa shape index (κ3) is 3.81. The predicted molar refractivity (Wildman–Crippen MR) is 113 cm³/mol. The van der Waals surface area contributed by atoms with Crippen LogP contribution < -0.4 is 5.32 Å². The molecule has 5 rings (SSSR count). The summed E-state index contributed by atoms with van der Waals surface area (Å²) in [5, 5.41) is 15.6. The highest BCUT2D eigenvalue weighted by molar-refractivity contribution is 7.15. The van der Waals surface area contributed by atoms with Gasteiger partial charge in [0.05, 0.1) is 6.54 Å². The van der Waals surface area contributed by atoms with Crippen molar-refractivity contribution in [2.75, 3.05) is 11.9 Å². The van der Waals surface area contributed by atoms with E-state index < -0.39 is 12.6 Å². The van der Waals surface area contributed by atoms with E-state index in [0.717, 1.165) is 29.7 Å². The number of nitrogens with zero attached hydrogens (tertiary/aromatic N) is 5. The number of nitrogens with one attached hydrogen (secondary N) is 1. The van der Waals surface area contributed by atoms with Gasteiger partial charge in [-0.05, 0) is 30.4 Å². The molecule has 3 aromatic rings. The Bertz CT molecular complexity index is 1170. The first-order valence-corrected chi connectivity index (χ1v) is 11.1. The van der Waals surface area contributed by atoms with Crippen LogP contribution in [0.1, 0.15) is 55.9 Å². The Kier molecular flexibility index (Phi) is 5.19. The smallest absolute Gasteiger partial charge is 0.278 e. The second-order valence-corrected chi connectivity index (χ2v) is 8.98. The van der Waals surface area contributed by atoms with Crippen LogP contribution in [-0.2, 0) is 19.8 Å². The summed E-state index contributed by atoms with van der Waals surface area (Å²) in [7, 11) is 0. The summed E-state index contributed by atoms with van der Waals surface area (Å²) < 4.78 is 14.3. The maximum atomic E-state index is 13.4. The molecule has 31 heavy (non-hydrogen) atoms. The Hall–Kier alpha value is -2.85. The fraction of sp³-hybridized carbons (Fsp3) is 0.350. The highest BCUT2D eigenvalue weighted by atomic mass is 35.5. The summed E-state index contributed by atoms with van der Waals surface area (Å²) in [5.74, 6) is -0.490. The average Bonchev–Trinajstić information content (AvgIpc) is 3.37. The minimum atomic E-state index is -0.741. The summed E-state index contributed by atoms with van der Waals surface area (Å²) in [6.45, 7) is 0.616. The van der Waals surface area contributed by atoms with Gasteiger partial charge in [0.15, 0.2) is 5.69 Å². The monoisotopic (exact) mass is 460 g/mol. The fourth-order valence-electron chi connectivity index (χ4n) is 3.75. The van der Waals surface area contributed by atoms with E-state index in [4.69, 9.17) is 11.6 Å². The average molecular weight is 461 g/mol. The van der Waals surface area contributed by atoms with Crippen molar-refractivity contribution in [2.45, 2.75) is 38.5 Å². The molecule has 0 spiro atoms. The third-order valence-corrected chi connectivity index (χ3v) is 6.55. The molecule has 1 aliphatic heterocycles. The molecule has 0 atom stereocenters. The number of benzene rings is 1. The quantitative estimate of drug-likeness (QED) is 0.606. The van der Waals surface area contributed by atoms with Crippen molar-refractivity contribution in [1.82, 2.24) is 24.9 Å². The Labute approximate surface area is 186 Å². The van der Waals surface area contributed by atoms with Gasteiger partial charge in [-0.3, -0.25) is 19.6 Å². The van der Waals surface area contributed by atoms with E-state index in [1.807, 2.05) is 18.2 Å². The van der Waals surface area contributed by atoms with Gasteiger partial charge in [-0.15, -0.1) is 10.2 Å². The Morgan fingerprint density at radius 2 is 2.06 bits per heavy atom. The second-order valence-electron chi connectivity index (χ2n) is 7.52. The van der Waals surface area contributed by atoms with Gasteiger partial charge in [0.2, 0.25) is 5.13 Å². The molecule has 160 valence electrons. The number of carbonyl (C=O) groups is 2. The summed E-state index contributed by atoms with van der Waals surface area (Å²) in [4.78, 5) is 28.0. The Balaban J connectivity index is 1.44. The van der Waals surface area contributed by atoms with Crippen molar-refractivity contribution < 1.29 is 14.0 Å². The van der Waals surface area contributed by atoms with Gasteiger partial charge >= 0.3 is 0 Å². The van der Waals surface area contributed by atoms with E-state index in [0.29, 0.717) is 35.9 Å².